The standard InChI is InChI=1S/C19H17Cl2FN2O2/c20-13-5-3-7-15(16(13)21)24-18(26)19(9-10-19)17(25)23-11-8-12-4-1-2-6-14(12)22/h1-7H,8-11H2,(H,23,25)(H,24,26). The molecule has 26 heavy (non-hydrogen) atoms. The van der Waals surface area contributed by atoms with E-state index in [4.69, 9.17) is 23.2 Å². The number of amides is 2. The zero-order valence-electron chi connectivity index (χ0n) is 13.8. The van der Waals surface area contributed by atoms with Gasteiger partial charge in [-0.1, -0.05) is 47.5 Å². The maximum absolute atomic E-state index is 13.6. The van der Waals surface area contributed by atoms with E-state index in [9.17, 15) is 14.0 Å². The van der Waals surface area contributed by atoms with Gasteiger partial charge in [0, 0.05) is 6.54 Å². The second kappa shape index (κ2) is 7.64. The van der Waals surface area contributed by atoms with E-state index in [1.165, 1.54) is 6.07 Å². The van der Waals surface area contributed by atoms with E-state index in [2.05, 4.69) is 10.6 Å². The van der Waals surface area contributed by atoms with Crippen LogP contribution >= 0.6 is 23.2 Å². The molecule has 2 amide bonds. The zero-order chi connectivity index (χ0) is 18.7. The van der Waals surface area contributed by atoms with Crippen LogP contribution in [0.2, 0.25) is 10.0 Å². The van der Waals surface area contributed by atoms with Crippen molar-refractivity contribution < 1.29 is 14.0 Å². The molecule has 2 N–H and O–H groups in total. The molecule has 0 bridgehead atoms. The molecule has 4 nitrogen and oxygen atoms in total. The van der Waals surface area contributed by atoms with Crippen molar-refractivity contribution in [1.82, 2.24) is 5.32 Å². The Labute approximate surface area is 160 Å². The van der Waals surface area contributed by atoms with Gasteiger partial charge in [0.25, 0.3) is 0 Å². The number of benzene rings is 2. The fourth-order valence-electron chi connectivity index (χ4n) is 2.71. The summed E-state index contributed by atoms with van der Waals surface area (Å²) in [6.45, 7) is 0.257. The molecule has 1 aliphatic rings. The van der Waals surface area contributed by atoms with Crippen molar-refractivity contribution in [1.29, 1.82) is 0 Å². The summed E-state index contributed by atoms with van der Waals surface area (Å²) in [4.78, 5) is 25.0. The van der Waals surface area contributed by atoms with Gasteiger partial charge in [-0.3, -0.25) is 9.59 Å². The SMILES string of the molecule is O=C(NCCc1ccccc1F)C1(C(=O)Nc2cccc(Cl)c2Cl)CC1. The maximum atomic E-state index is 13.6. The van der Waals surface area contributed by atoms with Gasteiger partial charge < -0.3 is 10.6 Å². The number of rotatable bonds is 6. The molecule has 2 aromatic rings. The zero-order valence-corrected chi connectivity index (χ0v) is 15.3. The van der Waals surface area contributed by atoms with Gasteiger partial charge in [0.05, 0.1) is 15.7 Å². The number of carbonyl (C=O) groups excluding carboxylic acids is 2. The van der Waals surface area contributed by atoms with Crippen LogP contribution in [0, 0.1) is 11.2 Å². The van der Waals surface area contributed by atoms with E-state index in [1.807, 2.05) is 0 Å². The van der Waals surface area contributed by atoms with Gasteiger partial charge in [-0.05, 0) is 43.0 Å². The molecule has 0 radical (unpaired) electrons. The van der Waals surface area contributed by atoms with Crippen LogP contribution in [-0.4, -0.2) is 18.4 Å². The summed E-state index contributed by atoms with van der Waals surface area (Å²) in [5.74, 6) is -1.08. The molecule has 7 heteroatoms. The van der Waals surface area contributed by atoms with Crippen LogP contribution in [-0.2, 0) is 16.0 Å². The number of anilines is 1. The average Bonchev–Trinajstić information content (AvgIpc) is 3.42. The van der Waals surface area contributed by atoms with E-state index in [0.29, 0.717) is 35.5 Å². The minimum absolute atomic E-state index is 0.235. The van der Waals surface area contributed by atoms with E-state index in [1.54, 1.807) is 36.4 Å². The maximum Gasteiger partial charge on any atom is 0.240 e. The number of hydrogen-bond donors (Lipinski definition) is 2. The molecule has 0 heterocycles. The normalized spacial score (nSPS) is 14.6. The predicted molar refractivity (Wildman–Crippen MR) is 99.9 cm³/mol. The lowest BCUT2D eigenvalue weighted by molar-refractivity contribution is -0.134. The first-order valence-electron chi connectivity index (χ1n) is 8.21. The molecule has 1 saturated carbocycles. The third-order valence-corrected chi connectivity index (χ3v) is 5.28. The van der Waals surface area contributed by atoms with E-state index in [0.717, 1.165) is 0 Å². The predicted octanol–water partition coefficient (Wildman–Crippen LogP) is 4.21. The van der Waals surface area contributed by atoms with Gasteiger partial charge in [0.15, 0.2) is 0 Å². The highest BCUT2D eigenvalue weighted by Crippen LogP contribution is 2.47. The Morgan fingerprint density at radius 1 is 1.04 bits per heavy atom. The van der Waals surface area contributed by atoms with Crippen molar-refractivity contribution in [3.05, 3.63) is 63.9 Å². The van der Waals surface area contributed by atoms with Crippen molar-refractivity contribution >= 4 is 40.7 Å². The van der Waals surface area contributed by atoms with Gasteiger partial charge in [0.1, 0.15) is 11.2 Å². The fraction of sp³-hybridized carbons (Fsp3) is 0.263. The Morgan fingerprint density at radius 3 is 2.46 bits per heavy atom. The summed E-state index contributed by atoms with van der Waals surface area (Å²) < 4.78 is 13.6. The topological polar surface area (TPSA) is 58.2 Å². The van der Waals surface area contributed by atoms with Crippen molar-refractivity contribution in [2.24, 2.45) is 5.41 Å². The summed E-state index contributed by atoms with van der Waals surface area (Å²) in [5.41, 5.74) is -0.205. The molecular formula is C19H17Cl2FN2O2. The molecule has 3 rings (SSSR count). The van der Waals surface area contributed by atoms with Crippen molar-refractivity contribution in [2.75, 3.05) is 11.9 Å². The van der Waals surface area contributed by atoms with Crippen LogP contribution in [0.3, 0.4) is 0 Å². The fourth-order valence-corrected chi connectivity index (χ4v) is 3.05. The number of carbonyl (C=O) groups is 2. The van der Waals surface area contributed by atoms with Gasteiger partial charge in [-0.25, -0.2) is 4.39 Å². The van der Waals surface area contributed by atoms with Crippen molar-refractivity contribution in [3.63, 3.8) is 0 Å². The molecule has 1 fully saturated rings. The monoisotopic (exact) mass is 394 g/mol. The Morgan fingerprint density at radius 2 is 1.77 bits per heavy atom. The van der Waals surface area contributed by atoms with Crippen LogP contribution in [0.4, 0.5) is 10.1 Å². The first kappa shape index (κ1) is 18.7. The largest absolute Gasteiger partial charge is 0.355 e. The lowest BCUT2D eigenvalue weighted by atomic mass is 10.0. The molecule has 136 valence electrons. The molecule has 0 spiro atoms. The summed E-state index contributed by atoms with van der Waals surface area (Å²) in [7, 11) is 0. The molecule has 0 saturated heterocycles. The average molecular weight is 395 g/mol. The third kappa shape index (κ3) is 3.84. The van der Waals surface area contributed by atoms with Gasteiger partial charge >= 0.3 is 0 Å². The Balaban J connectivity index is 1.59. The van der Waals surface area contributed by atoms with Crippen molar-refractivity contribution in [2.45, 2.75) is 19.3 Å². The Hall–Kier alpha value is -2.11. The molecule has 0 unspecified atom stereocenters. The van der Waals surface area contributed by atoms with Crippen LogP contribution < -0.4 is 10.6 Å². The third-order valence-electron chi connectivity index (χ3n) is 4.46. The highest BCUT2D eigenvalue weighted by molar-refractivity contribution is 6.44. The summed E-state index contributed by atoms with van der Waals surface area (Å²) in [5, 5.41) is 5.96. The molecule has 0 atom stereocenters. The van der Waals surface area contributed by atoms with Gasteiger partial charge in [-0.15, -0.1) is 0 Å². The molecule has 1 aliphatic carbocycles. The Bertz CT molecular complexity index is 853. The highest BCUT2D eigenvalue weighted by Gasteiger charge is 2.56. The van der Waals surface area contributed by atoms with Crippen LogP contribution in [0.15, 0.2) is 42.5 Å². The lowest BCUT2D eigenvalue weighted by Gasteiger charge is -2.16. The number of halogens is 3. The molecule has 0 aromatic heterocycles. The number of nitrogens with one attached hydrogen (secondary N) is 2. The van der Waals surface area contributed by atoms with Gasteiger partial charge in [0.2, 0.25) is 11.8 Å². The van der Waals surface area contributed by atoms with Crippen molar-refractivity contribution in [3.8, 4) is 0 Å². The second-order valence-corrected chi connectivity index (χ2v) is 7.02. The van der Waals surface area contributed by atoms with Crippen LogP contribution in [0.5, 0.6) is 0 Å². The van der Waals surface area contributed by atoms with Gasteiger partial charge in [-0.2, -0.15) is 0 Å². The van der Waals surface area contributed by atoms with E-state index in [-0.39, 0.29) is 23.3 Å². The highest BCUT2D eigenvalue weighted by atomic mass is 35.5. The quantitative estimate of drug-likeness (QED) is 0.720. The van der Waals surface area contributed by atoms with E-state index >= 15 is 0 Å². The summed E-state index contributed by atoms with van der Waals surface area (Å²) in [6.07, 6.45) is 1.28. The minimum atomic E-state index is -1.10. The second-order valence-electron chi connectivity index (χ2n) is 6.23. The van der Waals surface area contributed by atoms with Crippen LogP contribution in [0.1, 0.15) is 18.4 Å². The first-order chi connectivity index (χ1) is 12.4. The molecular weight excluding hydrogens is 378 g/mol. The Kier molecular flexibility index (Phi) is 5.49. The van der Waals surface area contributed by atoms with E-state index < -0.39 is 11.3 Å². The molecule has 2 aromatic carbocycles. The number of hydrogen-bond acceptors (Lipinski definition) is 2. The summed E-state index contributed by atoms with van der Waals surface area (Å²) in [6, 6.07) is 11.3. The minimum Gasteiger partial charge on any atom is -0.355 e. The lowest BCUT2D eigenvalue weighted by Crippen LogP contribution is -2.40. The molecule has 0 aliphatic heterocycles. The smallest absolute Gasteiger partial charge is 0.240 e. The van der Waals surface area contributed by atoms with Crippen LogP contribution in [0.25, 0.3) is 0 Å². The first-order valence-corrected chi connectivity index (χ1v) is 8.97. The summed E-state index contributed by atoms with van der Waals surface area (Å²) >= 11 is 12.0.